The van der Waals surface area contributed by atoms with Gasteiger partial charge in [0.25, 0.3) is 0 Å². The van der Waals surface area contributed by atoms with Crippen molar-refractivity contribution >= 4 is 22.9 Å². The van der Waals surface area contributed by atoms with Crippen LogP contribution in [-0.2, 0) is 6.54 Å². The zero-order valence-corrected chi connectivity index (χ0v) is 12.2. The van der Waals surface area contributed by atoms with Crippen LogP contribution < -0.4 is 5.32 Å². The average molecular weight is 281 g/mol. The minimum atomic E-state index is 0.365. The fourth-order valence-corrected chi connectivity index (χ4v) is 2.76. The monoisotopic (exact) mass is 280 g/mol. The standard InChI is InChI=1S/C14H17ClN2S/c1-3-13(11-4-6-12(15)7-5-11)16-8-14-10(2)17-9-18-14/h4-7,9,13,16H,3,8H2,1-2H3. The van der Waals surface area contributed by atoms with Crippen LogP contribution in [0.4, 0.5) is 0 Å². The quantitative estimate of drug-likeness (QED) is 0.881. The molecule has 2 nitrogen and oxygen atoms in total. The van der Waals surface area contributed by atoms with Crippen molar-refractivity contribution in [2.75, 3.05) is 0 Å². The molecule has 0 aliphatic rings. The third-order valence-corrected chi connectivity index (χ3v) is 4.22. The van der Waals surface area contributed by atoms with Crippen molar-refractivity contribution < 1.29 is 0 Å². The minimum Gasteiger partial charge on any atom is -0.305 e. The van der Waals surface area contributed by atoms with Gasteiger partial charge in [-0.25, -0.2) is 4.98 Å². The molecule has 0 saturated carbocycles. The summed E-state index contributed by atoms with van der Waals surface area (Å²) >= 11 is 7.62. The Morgan fingerprint density at radius 1 is 1.33 bits per heavy atom. The first-order chi connectivity index (χ1) is 8.70. The molecule has 1 heterocycles. The van der Waals surface area contributed by atoms with Crippen molar-refractivity contribution in [3.05, 3.63) is 50.9 Å². The Hall–Kier alpha value is -0.900. The molecule has 0 fully saturated rings. The van der Waals surface area contributed by atoms with Crippen LogP contribution in [-0.4, -0.2) is 4.98 Å². The summed E-state index contributed by atoms with van der Waals surface area (Å²) in [7, 11) is 0. The molecule has 1 atom stereocenters. The second kappa shape index (κ2) is 6.32. The Bertz CT molecular complexity index is 493. The molecule has 0 amide bonds. The molecule has 0 saturated heterocycles. The molecular weight excluding hydrogens is 264 g/mol. The molecule has 4 heteroatoms. The summed E-state index contributed by atoms with van der Waals surface area (Å²) in [6, 6.07) is 8.42. The van der Waals surface area contributed by atoms with E-state index in [1.165, 1.54) is 10.4 Å². The van der Waals surface area contributed by atoms with Gasteiger partial charge in [-0.15, -0.1) is 11.3 Å². The van der Waals surface area contributed by atoms with Crippen LogP contribution in [0.3, 0.4) is 0 Å². The van der Waals surface area contributed by atoms with Gasteiger partial charge in [0.2, 0.25) is 0 Å². The van der Waals surface area contributed by atoms with E-state index in [1.807, 2.05) is 17.6 Å². The minimum absolute atomic E-state index is 0.365. The van der Waals surface area contributed by atoms with Crippen molar-refractivity contribution in [3.8, 4) is 0 Å². The lowest BCUT2D eigenvalue weighted by Gasteiger charge is -2.17. The maximum Gasteiger partial charge on any atom is 0.0798 e. The van der Waals surface area contributed by atoms with Crippen molar-refractivity contribution in [2.45, 2.75) is 32.9 Å². The van der Waals surface area contributed by atoms with Gasteiger partial charge >= 0.3 is 0 Å². The van der Waals surface area contributed by atoms with E-state index >= 15 is 0 Å². The Labute approximate surface area is 117 Å². The lowest BCUT2D eigenvalue weighted by molar-refractivity contribution is 0.521. The Kier molecular flexibility index (Phi) is 4.75. The predicted molar refractivity (Wildman–Crippen MR) is 78.2 cm³/mol. The van der Waals surface area contributed by atoms with Crippen molar-refractivity contribution in [1.29, 1.82) is 0 Å². The Balaban J connectivity index is 2.01. The van der Waals surface area contributed by atoms with E-state index in [2.05, 4.69) is 36.3 Å². The van der Waals surface area contributed by atoms with Gasteiger partial charge in [0, 0.05) is 22.5 Å². The van der Waals surface area contributed by atoms with Gasteiger partial charge in [-0.05, 0) is 31.0 Å². The smallest absolute Gasteiger partial charge is 0.0798 e. The van der Waals surface area contributed by atoms with Gasteiger partial charge in [-0.2, -0.15) is 0 Å². The maximum atomic E-state index is 5.91. The molecule has 96 valence electrons. The highest BCUT2D eigenvalue weighted by molar-refractivity contribution is 7.09. The number of benzene rings is 1. The van der Waals surface area contributed by atoms with Crippen molar-refractivity contribution in [2.24, 2.45) is 0 Å². The molecule has 0 spiro atoms. The maximum absolute atomic E-state index is 5.91. The van der Waals surface area contributed by atoms with Gasteiger partial charge in [-0.3, -0.25) is 0 Å². The molecular formula is C14H17ClN2S. The van der Waals surface area contributed by atoms with Crippen LogP contribution in [0.15, 0.2) is 29.8 Å². The molecule has 1 N–H and O–H groups in total. The van der Waals surface area contributed by atoms with Crippen LogP contribution in [0.25, 0.3) is 0 Å². The van der Waals surface area contributed by atoms with Crippen molar-refractivity contribution in [1.82, 2.24) is 10.3 Å². The van der Waals surface area contributed by atoms with Crippen LogP contribution in [0, 0.1) is 6.92 Å². The van der Waals surface area contributed by atoms with E-state index in [0.717, 1.165) is 23.7 Å². The van der Waals surface area contributed by atoms with Crippen LogP contribution >= 0.6 is 22.9 Å². The van der Waals surface area contributed by atoms with E-state index in [4.69, 9.17) is 11.6 Å². The van der Waals surface area contributed by atoms with Crippen LogP contribution in [0.5, 0.6) is 0 Å². The molecule has 1 aromatic heterocycles. The average Bonchev–Trinajstić information content (AvgIpc) is 2.78. The third kappa shape index (κ3) is 3.31. The number of aryl methyl sites for hydroxylation is 1. The number of nitrogens with zero attached hydrogens (tertiary/aromatic N) is 1. The first-order valence-electron chi connectivity index (χ1n) is 6.08. The number of hydrogen-bond acceptors (Lipinski definition) is 3. The fraction of sp³-hybridized carbons (Fsp3) is 0.357. The zero-order valence-electron chi connectivity index (χ0n) is 10.6. The summed E-state index contributed by atoms with van der Waals surface area (Å²) in [4.78, 5) is 5.57. The summed E-state index contributed by atoms with van der Waals surface area (Å²) < 4.78 is 0. The largest absolute Gasteiger partial charge is 0.305 e. The lowest BCUT2D eigenvalue weighted by atomic mass is 10.0. The van der Waals surface area contributed by atoms with E-state index in [-0.39, 0.29) is 0 Å². The lowest BCUT2D eigenvalue weighted by Crippen LogP contribution is -2.20. The molecule has 0 bridgehead atoms. The highest BCUT2D eigenvalue weighted by atomic mass is 35.5. The molecule has 0 aliphatic heterocycles. The first kappa shape index (κ1) is 13.5. The number of nitrogens with one attached hydrogen (secondary N) is 1. The highest BCUT2D eigenvalue weighted by Crippen LogP contribution is 2.20. The van der Waals surface area contributed by atoms with Gasteiger partial charge in [0.1, 0.15) is 0 Å². The van der Waals surface area contributed by atoms with Crippen molar-refractivity contribution in [3.63, 3.8) is 0 Å². The number of rotatable bonds is 5. The number of aromatic nitrogens is 1. The zero-order chi connectivity index (χ0) is 13.0. The van der Waals surface area contributed by atoms with Gasteiger partial charge in [0.05, 0.1) is 11.2 Å². The second-order valence-corrected chi connectivity index (χ2v) is 5.63. The van der Waals surface area contributed by atoms with E-state index in [1.54, 1.807) is 11.3 Å². The normalized spacial score (nSPS) is 12.6. The Morgan fingerprint density at radius 2 is 2.06 bits per heavy atom. The Morgan fingerprint density at radius 3 is 2.61 bits per heavy atom. The predicted octanol–water partition coefficient (Wildman–Crippen LogP) is 4.35. The molecule has 0 aliphatic carbocycles. The molecule has 2 aromatic rings. The summed E-state index contributed by atoms with van der Waals surface area (Å²) in [6.07, 6.45) is 1.06. The fourth-order valence-electron chi connectivity index (χ4n) is 1.90. The van der Waals surface area contributed by atoms with Crippen LogP contribution in [0.2, 0.25) is 5.02 Å². The summed E-state index contributed by atoms with van der Waals surface area (Å²) in [5.74, 6) is 0. The van der Waals surface area contributed by atoms with E-state index < -0.39 is 0 Å². The number of thiazole rings is 1. The molecule has 2 rings (SSSR count). The van der Waals surface area contributed by atoms with Crippen LogP contribution in [0.1, 0.15) is 35.5 Å². The summed E-state index contributed by atoms with van der Waals surface area (Å²) in [5.41, 5.74) is 4.30. The summed E-state index contributed by atoms with van der Waals surface area (Å²) in [6.45, 7) is 5.11. The molecule has 0 radical (unpaired) electrons. The van der Waals surface area contributed by atoms with E-state index in [0.29, 0.717) is 6.04 Å². The highest BCUT2D eigenvalue weighted by Gasteiger charge is 2.10. The SMILES string of the molecule is CCC(NCc1scnc1C)c1ccc(Cl)cc1. The number of halogens is 1. The number of hydrogen-bond donors (Lipinski definition) is 1. The van der Waals surface area contributed by atoms with Gasteiger partial charge in [0.15, 0.2) is 0 Å². The molecule has 1 unspecified atom stereocenters. The topological polar surface area (TPSA) is 24.9 Å². The summed E-state index contributed by atoms with van der Waals surface area (Å²) in [5, 5.41) is 4.36. The van der Waals surface area contributed by atoms with E-state index in [9.17, 15) is 0 Å². The van der Waals surface area contributed by atoms with Gasteiger partial charge < -0.3 is 5.32 Å². The third-order valence-electron chi connectivity index (χ3n) is 3.03. The molecule has 18 heavy (non-hydrogen) atoms. The second-order valence-electron chi connectivity index (χ2n) is 4.25. The molecule has 1 aromatic carbocycles. The van der Waals surface area contributed by atoms with Gasteiger partial charge in [-0.1, -0.05) is 30.7 Å². The first-order valence-corrected chi connectivity index (χ1v) is 7.34.